The zero-order valence-electron chi connectivity index (χ0n) is 21.9. The second kappa shape index (κ2) is 12.0. The number of amides is 3. The van der Waals surface area contributed by atoms with Crippen LogP contribution in [0.2, 0.25) is 10.0 Å². The van der Waals surface area contributed by atoms with Crippen LogP contribution in [0.5, 0.6) is 5.75 Å². The number of nitrogens with zero attached hydrogens (tertiary/aromatic N) is 3. The van der Waals surface area contributed by atoms with Gasteiger partial charge >= 0.3 is 6.03 Å². The summed E-state index contributed by atoms with van der Waals surface area (Å²) in [4.78, 5) is 35.1. The lowest BCUT2D eigenvalue weighted by molar-refractivity contribution is -0.120. The number of amidine groups is 1. The van der Waals surface area contributed by atoms with Gasteiger partial charge in [0, 0.05) is 41.7 Å². The number of hydrogen-bond donors (Lipinski definition) is 1. The van der Waals surface area contributed by atoms with Crippen LogP contribution >= 0.6 is 23.2 Å². The third kappa shape index (κ3) is 5.65. The van der Waals surface area contributed by atoms with Gasteiger partial charge in [0.2, 0.25) is 5.91 Å². The van der Waals surface area contributed by atoms with Crippen LogP contribution in [-0.2, 0) is 4.79 Å². The first kappa shape index (κ1) is 27.6. The number of ether oxygens (including phenoxy) is 1. The Morgan fingerprint density at radius 2 is 1.73 bits per heavy atom. The minimum Gasteiger partial charge on any atom is -0.493 e. The number of nitrogens with one attached hydrogen (secondary N) is 1. The Hall–Kier alpha value is -3.99. The maximum Gasteiger partial charge on any atom is 0.326 e. The molecule has 0 spiro atoms. The summed E-state index contributed by atoms with van der Waals surface area (Å²) in [5.74, 6) is 3.56. The van der Waals surface area contributed by atoms with Crippen molar-refractivity contribution in [1.29, 1.82) is 0 Å². The van der Waals surface area contributed by atoms with E-state index in [1.54, 1.807) is 28.0 Å². The Morgan fingerprint density at radius 1 is 1.05 bits per heavy atom. The van der Waals surface area contributed by atoms with Gasteiger partial charge < -0.3 is 15.0 Å². The maximum absolute atomic E-state index is 14.4. The van der Waals surface area contributed by atoms with Crippen LogP contribution in [0.3, 0.4) is 0 Å². The molecule has 3 aromatic rings. The SMILES string of the molecule is C#Cc1ccc(C2=N[C@@H](c3ccc(Cl)cc3)[C@@H](c3ccc(Cl)cc3)N2C(=O)N2CCNC(=O)CC2)c(OCC)c1. The molecule has 3 amide bonds. The number of aliphatic imine (C=N–C) groups is 1. The molecule has 40 heavy (non-hydrogen) atoms. The number of halogens is 2. The van der Waals surface area contributed by atoms with E-state index in [9.17, 15) is 9.59 Å². The summed E-state index contributed by atoms with van der Waals surface area (Å²) in [6.45, 7) is 3.34. The highest BCUT2D eigenvalue weighted by Gasteiger charge is 2.44. The van der Waals surface area contributed by atoms with Crippen LogP contribution in [0.15, 0.2) is 71.7 Å². The molecule has 5 rings (SSSR count). The fourth-order valence-electron chi connectivity index (χ4n) is 5.04. The first-order valence-corrected chi connectivity index (χ1v) is 13.8. The van der Waals surface area contributed by atoms with Crippen LogP contribution in [0, 0.1) is 12.3 Å². The molecule has 2 aliphatic heterocycles. The Bertz CT molecular complexity index is 1480. The van der Waals surface area contributed by atoms with Crippen molar-refractivity contribution >= 4 is 41.0 Å². The number of rotatable bonds is 5. The lowest BCUT2D eigenvalue weighted by atomic mass is 9.93. The standard InChI is InChI=1S/C31H28Cl2N4O3/c1-3-20-5-14-25(26(19-20)40-4-2)30-35-28(21-6-10-23(32)11-7-21)29(22-8-12-24(33)13-9-22)37(30)31(39)36-17-15-27(38)34-16-18-36/h1,5-14,19,28-29H,4,15-18H2,2H3,(H,34,38)/t28-,29+/m0/s1. The Balaban J connectivity index is 1.70. The first-order valence-electron chi connectivity index (χ1n) is 13.1. The van der Waals surface area contributed by atoms with E-state index in [4.69, 9.17) is 39.4 Å². The van der Waals surface area contributed by atoms with Gasteiger partial charge in [0.25, 0.3) is 0 Å². The molecule has 3 aromatic carbocycles. The van der Waals surface area contributed by atoms with Crippen molar-refractivity contribution in [2.45, 2.75) is 25.4 Å². The van der Waals surface area contributed by atoms with Gasteiger partial charge in [0.15, 0.2) is 0 Å². The first-order chi connectivity index (χ1) is 19.4. The van der Waals surface area contributed by atoms with E-state index in [-0.39, 0.29) is 18.4 Å². The van der Waals surface area contributed by atoms with E-state index >= 15 is 0 Å². The maximum atomic E-state index is 14.4. The van der Waals surface area contributed by atoms with Crippen molar-refractivity contribution in [1.82, 2.24) is 15.1 Å². The van der Waals surface area contributed by atoms with Gasteiger partial charge in [0.1, 0.15) is 17.6 Å². The molecule has 2 heterocycles. The van der Waals surface area contributed by atoms with Crippen molar-refractivity contribution in [2.24, 2.45) is 4.99 Å². The van der Waals surface area contributed by atoms with Crippen molar-refractivity contribution in [3.63, 3.8) is 0 Å². The molecule has 0 radical (unpaired) electrons. The van der Waals surface area contributed by atoms with Gasteiger partial charge in [-0.15, -0.1) is 6.42 Å². The fraction of sp³-hybridized carbons (Fsp3) is 0.258. The normalized spacial score (nSPS) is 18.9. The molecular weight excluding hydrogens is 547 g/mol. The van der Waals surface area contributed by atoms with Gasteiger partial charge in [-0.2, -0.15) is 0 Å². The molecule has 0 aromatic heterocycles. The van der Waals surface area contributed by atoms with Crippen LogP contribution in [0.1, 0.15) is 47.7 Å². The summed E-state index contributed by atoms with van der Waals surface area (Å²) < 4.78 is 6.00. The smallest absolute Gasteiger partial charge is 0.326 e. The topological polar surface area (TPSA) is 74.2 Å². The second-order valence-corrected chi connectivity index (χ2v) is 10.3. The number of carbonyl (C=O) groups excluding carboxylic acids is 2. The largest absolute Gasteiger partial charge is 0.493 e. The van der Waals surface area contributed by atoms with Gasteiger partial charge in [-0.25, -0.2) is 4.79 Å². The molecular formula is C31H28Cl2N4O3. The quantitative estimate of drug-likeness (QED) is 0.388. The molecule has 0 unspecified atom stereocenters. The Kier molecular flexibility index (Phi) is 8.29. The van der Waals surface area contributed by atoms with E-state index in [1.807, 2.05) is 55.5 Å². The van der Waals surface area contributed by atoms with E-state index in [2.05, 4.69) is 11.2 Å². The van der Waals surface area contributed by atoms with Gasteiger partial charge in [-0.05, 0) is 60.5 Å². The summed E-state index contributed by atoms with van der Waals surface area (Å²) in [6.07, 6.45) is 5.90. The average molecular weight is 575 g/mol. The molecule has 1 saturated heterocycles. The monoisotopic (exact) mass is 574 g/mol. The second-order valence-electron chi connectivity index (χ2n) is 9.47. The van der Waals surface area contributed by atoms with E-state index in [1.165, 1.54) is 0 Å². The molecule has 0 aliphatic carbocycles. The molecule has 2 aliphatic rings. The summed E-state index contributed by atoms with van der Waals surface area (Å²) >= 11 is 12.5. The van der Waals surface area contributed by atoms with Crippen molar-refractivity contribution < 1.29 is 14.3 Å². The van der Waals surface area contributed by atoms with Crippen LogP contribution in [0.25, 0.3) is 0 Å². The minimum absolute atomic E-state index is 0.0811. The highest BCUT2D eigenvalue weighted by Crippen LogP contribution is 2.45. The molecule has 7 nitrogen and oxygen atoms in total. The fourth-order valence-corrected chi connectivity index (χ4v) is 5.29. The number of hydrogen-bond acceptors (Lipinski definition) is 4. The summed E-state index contributed by atoms with van der Waals surface area (Å²) in [7, 11) is 0. The molecule has 0 saturated carbocycles. The van der Waals surface area contributed by atoms with Crippen LogP contribution in [-0.4, -0.2) is 53.8 Å². The molecule has 9 heteroatoms. The molecule has 204 valence electrons. The highest BCUT2D eigenvalue weighted by molar-refractivity contribution is 6.30. The predicted octanol–water partition coefficient (Wildman–Crippen LogP) is 5.86. The summed E-state index contributed by atoms with van der Waals surface area (Å²) in [6, 6.07) is 19.1. The molecule has 1 fully saturated rings. The molecule has 0 bridgehead atoms. The van der Waals surface area contributed by atoms with E-state index < -0.39 is 12.1 Å². The number of terminal acetylenes is 1. The Labute approximate surface area is 243 Å². The van der Waals surface area contributed by atoms with E-state index in [0.717, 1.165) is 11.1 Å². The Morgan fingerprint density at radius 3 is 2.38 bits per heavy atom. The zero-order valence-corrected chi connectivity index (χ0v) is 23.5. The van der Waals surface area contributed by atoms with E-state index in [0.29, 0.717) is 59.0 Å². The third-order valence-corrected chi connectivity index (χ3v) is 7.47. The third-order valence-electron chi connectivity index (χ3n) is 6.97. The number of carbonyl (C=O) groups is 2. The van der Waals surface area contributed by atoms with Crippen molar-refractivity contribution in [3.05, 3.63) is 99.0 Å². The summed E-state index contributed by atoms with van der Waals surface area (Å²) in [5.41, 5.74) is 3.06. The lowest BCUT2D eigenvalue weighted by Gasteiger charge is -2.34. The van der Waals surface area contributed by atoms with Gasteiger partial charge in [-0.3, -0.25) is 14.7 Å². The lowest BCUT2D eigenvalue weighted by Crippen LogP contribution is -2.47. The average Bonchev–Trinajstić information content (AvgIpc) is 3.21. The predicted molar refractivity (Wildman–Crippen MR) is 157 cm³/mol. The van der Waals surface area contributed by atoms with Gasteiger partial charge in [0.05, 0.1) is 18.2 Å². The van der Waals surface area contributed by atoms with Crippen LogP contribution in [0.4, 0.5) is 4.79 Å². The zero-order chi connectivity index (χ0) is 28.2. The van der Waals surface area contributed by atoms with Crippen molar-refractivity contribution in [3.8, 4) is 18.1 Å². The minimum atomic E-state index is -0.505. The summed E-state index contributed by atoms with van der Waals surface area (Å²) in [5, 5.41) is 4.03. The highest BCUT2D eigenvalue weighted by atomic mass is 35.5. The molecule has 1 N–H and O–H groups in total. The van der Waals surface area contributed by atoms with Gasteiger partial charge in [-0.1, -0.05) is 53.4 Å². The number of benzene rings is 3. The van der Waals surface area contributed by atoms with Crippen LogP contribution < -0.4 is 10.1 Å². The molecule has 2 atom stereocenters. The van der Waals surface area contributed by atoms with Crippen molar-refractivity contribution in [2.75, 3.05) is 26.2 Å². The number of urea groups is 1.